The van der Waals surface area contributed by atoms with E-state index in [1.165, 1.54) is 16.4 Å². The Morgan fingerprint density at radius 3 is 2.46 bits per heavy atom. The number of hydrogen-bond acceptors (Lipinski definition) is 4. The molecule has 1 unspecified atom stereocenters. The predicted octanol–water partition coefficient (Wildman–Crippen LogP) is 2.83. The van der Waals surface area contributed by atoms with Gasteiger partial charge in [0.2, 0.25) is 15.9 Å². The van der Waals surface area contributed by atoms with Crippen molar-refractivity contribution in [1.29, 1.82) is 0 Å². The Morgan fingerprint density at radius 1 is 1.25 bits per heavy atom. The highest BCUT2D eigenvalue weighted by Crippen LogP contribution is 2.25. The fourth-order valence-corrected chi connectivity index (χ4v) is 4.90. The molecule has 3 rings (SSSR count). The van der Waals surface area contributed by atoms with Gasteiger partial charge in [-0.1, -0.05) is 11.6 Å². The smallest absolute Gasteiger partial charge is 0.243 e. The molecule has 0 bridgehead atoms. The summed E-state index contributed by atoms with van der Waals surface area (Å²) in [4.78, 5) is 12.8. The predicted molar refractivity (Wildman–Crippen MR) is 107 cm³/mol. The Balaban J connectivity index is 1.57. The van der Waals surface area contributed by atoms with Crippen LogP contribution in [0.2, 0.25) is 5.02 Å². The van der Waals surface area contributed by atoms with Gasteiger partial charge < -0.3 is 5.32 Å². The Labute approximate surface area is 170 Å². The molecule has 0 saturated carbocycles. The van der Waals surface area contributed by atoms with Crippen molar-refractivity contribution >= 4 is 27.5 Å². The van der Waals surface area contributed by atoms with Crippen LogP contribution in [0, 0.1) is 5.92 Å². The van der Waals surface area contributed by atoms with Crippen molar-refractivity contribution in [3.8, 4) is 0 Å². The number of nitrogens with one attached hydrogen (secondary N) is 1. The quantitative estimate of drug-likeness (QED) is 0.772. The molecule has 9 heteroatoms. The maximum absolute atomic E-state index is 12.7. The van der Waals surface area contributed by atoms with Crippen LogP contribution < -0.4 is 5.32 Å². The highest BCUT2D eigenvalue weighted by molar-refractivity contribution is 7.89. The van der Waals surface area contributed by atoms with Crippen LogP contribution in [0.1, 0.15) is 38.4 Å². The number of aromatic nitrogens is 2. The van der Waals surface area contributed by atoms with E-state index in [1.807, 2.05) is 30.8 Å². The lowest BCUT2D eigenvalue weighted by molar-refractivity contribution is -0.126. The minimum atomic E-state index is -3.56. The Hall–Kier alpha value is -1.90. The molecule has 1 aromatic heterocycles. The number of halogens is 1. The molecule has 1 aliphatic heterocycles. The summed E-state index contributed by atoms with van der Waals surface area (Å²) in [5, 5.41) is 7.91. The van der Waals surface area contributed by atoms with Gasteiger partial charge in [0.25, 0.3) is 0 Å². The molecule has 7 nitrogen and oxygen atoms in total. The van der Waals surface area contributed by atoms with E-state index in [0.717, 1.165) is 12.2 Å². The Morgan fingerprint density at radius 2 is 1.89 bits per heavy atom. The fourth-order valence-electron chi connectivity index (χ4n) is 3.30. The summed E-state index contributed by atoms with van der Waals surface area (Å²) in [6.45, 7) is 5.33. The highest BCUT2D eigenvalue weighted by Gasteiger charge is 2.32. The number of nitrogens with zero attached hydrogens (tertiary/aromatic N) is 3. The van der Waals surface area contributed by atoms with Crippen LogP contribution >= 0.6 is 11.6 Å². The van der Waals surface area contributed by atoms with Gasteiger partial charge in [0.1, 0.15) is 0 Å². The zero-order chi connectivity index (χ0) is 20.3. The maximum atomic E-state index is 12.7. The summed E-state index contributed by atoms with van der Waals surface area (Å²) >= 11 is 5.84. The lowest BCUT2D eigenvalue weighted by Gasteiger charge is -2.31. The molecule has 1 N–H and O–H groups in total. The van der Waals surface area contributed by atoms with Crippen LogP contribution in [-0.4, -0.2) is 41.5 Å². The van der Waals surface area contributed by atoms with Gasteiger partial charge in [-0.2, -0.15) is 9.40 Å². The second kappa shape index (κ2) is 8.63. The van der Waals surface area contributed by atoms with Crippen LogP contribution in [0.25, 0.3) is 0 Å². The Kier molecular flexibility index (Phi) is 6.42. The van der Waals surface area contributed by atoms with E-state index < -0.39 is 10.0 Å². The molecule has 28 heavy (non-hydrogen) atoms. The largest absolute Gasteiger partial charge is 0.348 e. The van der Waals surface area contributed by atoms with E-state index in [-0.39, 0.29) is 22.8 Å². The summed E-state index contributed by atoms with van der Waals surface area (Å²) in [7, 11) is -3.56. The molecular weight excluding hydrogens is 400 g/mol. The van der Waals surface area contributed by atoms with Crippen molar-refractivity contribution in [2.75, 3.05) is 13.1 Å². The van der Waals surface area contributed by atoms with Crippen molar-refractivity contribution in [2.45, 2.75) is 44.2 Å². The summed E-state index contributed by atoms with van der Waals surface area (Å²) in [5.74, 6) is -0.255. The molecule has 1 aromatic carbocycles. The number of amides is 1. The molecule has 2 aromatic rings. The first-order valence-electron chi connectivity index (χ1n) is 9.40. The van der Waals surface area contributed by atoms with E-state index in [1.54, 1.807) is 12.1 Å². The molecule has 1 aliphatic rings. The standard InChI is InChI=1S/C19H25ClN4O3S/c1-3-23-11-10-18(22-23)14(2)21-19(25)15-8-12-24(13-9-15)28(26,27)17-6-4-16(20)5-7-17/h4-7,10-11,14-15H,3,8-9,12-13H2,1-2H3,(H,21,25). The zero-order valence-electron chi connectivity index (χ0n) is 16.0. The third kappa shape index (κ3) is 4.56. The van der Waals surface area contributed by atoms with E-state index in [4.69, 9.17) is 11.6 Å². The lowest BCUT2D eigenvalue weighted by atomic mass is 9.97. The fraction of sp³-hybridized carbons (Fsp3) is 0.474. The van der Waals surface area contributed by atoms with Gasteiger partial charge in [-0.3, -0.25) is 9.48 Å². The van der Waals surface area contributed by atoms with Crippen LogP contribution in [0.15, 0.2) is 41.4 Å². The first-order valence-corrected chi connectivity index (χ1v) is 11.2. The number of aryl methyl sites for hydroxylation is 1. The van der Waals surface area contributed by atoms with Crippen LogP contribution in [0.3, 0.4) is 0 Å². The van der Waals surface area contributed by atoms with E-state index in [9.17, 15) is 13.2 Å². The van der Waals surface area contributed by atoms with Crippen molar-refractivity contribution in [3.63, 3.8) is 0 Å². The molecule has 0 aliphatic carbocycles. The lowest BCUT2D eigenvalue weighted by Crippen LogP contribution is -2.43. The number of rotatable bonds is 6. The normalized spacial score (nSPS) is 17.4. The van der Waals surface area contributed by atoms with Gasteiger partial charge >= 0.3 is 0 Å². The highest BCUT2D eigenvalue weighted by atomic mass is 35.5. The zero-order valence-corrected chi connectivity index (χ0v) is 17.6. The maximum Gasteiger partial charge on any atom is 0.243 e. The second-order valence-electron chi connectivity index (χ2n) is 6.96. The monoisotopic (exact) mass is 424 g/mol. The van der Waals surface area contributed by atoms with Crippen molar-refractivity contribution in [3.05, 3.63) is 47.2 Å². The molecule has 0 spiro atoms. The molecule has 1 amide bonds. The number of piperidine rings is 1. The molecular formula is C19H25ClN4O3S. The minimum absolute atomic E-state index is 0.0536. The summed E-state index contributed by atoms with van der Waals surface area (Å²) in [6.07, 6.45) is 2.88. The summed E-state index contributed by atoms with van der Waals surface area (Å²) in [6, 6.07) is 7.86. The Bertz CT molecular complexity index is 919. The molecule has 1 atom stereocenters. The third-order valence-electron chi connectivity index (χ3n) is 5.06. The van der Waals surface area contributed by atoms with Gasteiger partial charge in [-0.05, 0) is 57.0 Å². The minimum Gasteiger partial charge on any atom is -0.348 e. The molecule has 2 heterocycles. The van der Waals surface area contributed by atoms with Gasteiger partial charge in [0, 0.05) is 36.8 Å². The SMILES string of the molecule is CCn1ccc(C(C)NC(=O)C2CCN(S(=O)(=O)c3ccc(Cl)cc3)CC2)n1. The van der Waals surface area contributed by atoms with Gasteiger partial charge in [0.15, 0.2) is 0 Å². The number of carbonyl (C=O) groups is 1. The van der Waals surface area contributed by atoms with E-state index >= 15 is 0 Å². The topological polar surface area (TPSA) is 84.3 Å². The number of carbonyl (C=O) groups excluding carboxylic acids is 1. The molecule has 152 valence electrons. The van der Waals surface area contributed by atoms with Crippen LogP contribution in [0.4, 0.5) is 0 Å². The average Bonchev–Trinajstić information content (AvgIpc) is 3.18. The van der Waals surface area contributed by atoms with E-state index in [0.29, 0.717) is 31.0 Å². The second-order valence-corrected chi connectivity index (χ2v) is 9.33. The van der Waals surface area contributed by atoms with Gasteiger partial charge in [0.05, 0.1) is 16.6 Å². The van der Waals surface area contributed by atoms with Crippen molar-refractivity contribution in [2.24, 2.45) is 5.92 Å². The molecule has 0 radical (unpaired) electrons. The van der Waals surface area contributed by atoms with Crippen LogP contribution in [-0.2, 0) is 21.4 Å². The third-order valence-corrected chi connectivity index (χ3v) is 7.23. The molecule has 1 saturated heterocycles. The van der Waals surface area contributed by atoms with Crippen molar-refractivity contribution < 1.29 is 13.2 Å². The van der Waals surface area contributed by atoms with E-state index in [2.05, 4.69) is 10.4 Å². The van der Waals surface area contributed by atoms with Crippen LogP contribution in [0.5, 0.6) is 0 Å². The first kappa shape index (κ1) is 20.8. The summed E-state index contributed by atoms with van der Waals surface area (Å²) < 4.78 is 28.7. The van der Waals surface area contributed by atoms with Gasteiger partial charge in [-0.15, -0.1) is 0 Å². The number of benzene rings is 1. The average molecular weight is 425 g/mol. The van der Waals surface area contributed by atoms with Crippen molar-refractivity contribution in [1.82, 2.24) is 19.4 Å². The number of sulfonamides is 1. The number of hydrogen-bond donors (Lipinski definition) is 1. The summed E-state index contributed by atoms with van der Waals surface area (Å²) in [5.41, 5.74) is 0.818. The molecule has 1 fully saturated rings. The van der Waals surface area contributed by atoms with Gasteiger partial charge in [-0.25, -0.2) is 8.42 Å². The first-order chi connectivity index (χ1) is 13.3.